The molecular formula is C15H20N2O5. The Morgan fingerprint density at radius 1 is 1.41 bits per heavy atom. The van der Waals surface area contributed by atoms with Gasteiger partial charge in [0.2, 0.25) is 0 Å². The number of ether oxygens (including phenoxy) is 2. The van der Waals surface area contributed by atoms with Crippen LogP contribution >= 0.6 is 0 Å². The Kier molecular flexibility index (Phi) is 6.52. The van der Waals surface area contributed by atoms with Crippen molar-refractivity contribution in [3.63, 3.8) is 0 Å². The van der Waals surface area contributed by atoms with Crippen molar-refractivity contribution in [1.29, 1.82) is 0 Å². The minimum Gasteiger partial charge on any atom is -0.492 e. The highest BCUT2D eigenvalue weighted by atomic mass is 16.6. The molecule has 1 rings (SSSR count). The molecule has 0 unspecified atom stereocenters. The maximum Gasteiger partial charge on any atom is 0.333 e. The van der Waals surface area contributed by atoms with E-state index in [-0.39, 0.29) is 23.4 Å². The molecule has 0 saturated carbocycles. The molecule has 1 aromatic carbocycles. The highest BCUT2D eigenvalue weighted by Crippen LogP contribution is 2.25. The van der Waals surface area contributed by atoms with Crippen molar-refractivity contribution in [2.24, 2.45) is 0 Å². The lowest BCUT2D eigenvalue weighted by Crippen LogP contribution is -2.19. The van der Waals surface area contributed by atoms with E-state index in [1.54, 1.807) is 0 Å². The molecule has 0 aliphatic rings. The van der Waals surface area contributed by atoms with Gasteiger partial charge in [-0.25, -0.2) is 4.79 Å². The smallest absolute Gasteiger partial charge is 0.333 e. The summed E-state index contributed by atoms with van der Waals surface area (Å²) in [6.07, 6.45) is 0. The molecule has 0 spiro atoms. The first-order chi connectivity index (χ1) is 10.3. The van der Waals surface area contributed by atoms with Crippen molar-refractivity contribution in [3.8, 4) is 5.75 Å². The molecule has 7 heteroatoms. The molecule has 0 aromatic heterocycles. The molecule has 0 heterocycles. The molecule has 0 radical (unpaired) electrons. The van der Waals surface area contributed by atoms with E-state index in [0.717, 1.165) is 6.54 Å². The van der Waals surface area contributed by atoms with Gasteiger partial charge in [0.05, 0.1) is 10.5 Å². The number of benzene rings is 1. The normalized spacial score (nSPS) is 10.4. The first-order valence-corrected chi connectivity index (χ1v) is 6.68. The van der Waals surface area contributed by atoms with Crippen LogP contribution in [0.4, 0.5) is 5.69 Å². The number of carbonyl (C=O) groups excluding carboxylic acids is 1. The number of likely N-dealkylation sites (N-methyl/N-ethyl adjacent to an activating group) is 1. The van der Waals surface area contributed by atoms with E-state index < -0.39 is 10.9 Å². The highest BCUT2D eigenvalue weighted by molar-refractivity contribution is 5.86. The van der Waals surface area contributed by atoms with Crippen molar-refractivity contribution in [3.05, 3.63) is 46.0 Å². The van der Waals surface area contributed by atoms with Crippen molar-refractivity contribution < 1.29 is 19.2 Å². The molecule has 0 aliphatic carbocycles. The SMILES string of the molecule is C=C(C)C(=O)OCc1cc(OCCN(C)C)ccc1[N+](=O)[O-]. The summed E-state index contributed by atoms with van der Waals surface area (Å²) in [7, 11) is 3.84. The van der Waals surface area contributed by atoms with E-state index in [1.807, 2.05) is 19.0 Å². The van der Waals surface area contributed by atoms with Crippen molar-refractivity contribution in [1.82, 2.24) is 4.90 Å². The molecule has 1 aromatic rings. The summed E-state index contributed by atoms with van der Waals surface area (Å²) in [4.78, 5) is 23.9. The quantitative estimate of drug-likeness (QED) is 0.317. The summed E-state index contributed by atoms with van der Waals surface area (Å²) in [5.74, 6) is -0.0953. The maximum atomic E-state index is 11.4. The van der Waals surface area contributed by atoms with Gasteiger partial charge in [0.15, 0.2) is 0 Å². The second-order valence-electron chi connectivity index (χ2n) is 5.06. The van der Waals surface area contributed by atoms with Gasteiger partial charge >= 0.3 is 5.97 Å². The van der Waals surface area contributed by atoms with Gasteiger partial charge in [-0.15, -0.1) is 0 Å². The van der Waals surface area contributed by atoms with Gasteiger partial charge in [0.1, 0.15) is 19.0 Å². The number of nitrogens with zero attached hydrogens (tertiary/aromatic N) is 2. The van der Waals surface area contributed by atoms with E-state index in [9.17, 15) is 14.9 Å². The van der Waals surface area contributed by atoms with Gasteiger partial charge in [0.25, 0.3) is 5.69 Å². The molecule has 0 fully saturated rings. The van der Waals surface area contributed by atoms with E-state index in [2.05, 4.69) is 6.58 Å². The second kappa shape index (κ2) is 8.14. The van der Waals surface area contributed by atoms with Gasteiger partial charge in [-0.3, -0.25) is 10.1 Å². The fraction of sp³-hybridized carbons (Fsp3) is 0.400. The van der Waals surface area contributed by atoms with Gasteiger partial charge in [0, 0.05) is 18.2 Å². The maximum absolute atomic E-state index is 11.4. The molecule has 0 aliphatic heterocycles. The van der Waals surface area contributed by atoms with Crippen LogP contribution in [-0.4, -0.2) is 43.0 Å². The Bertz CT molecular complexity index is 569. The lowest BCUT2D eigenvalue weighted by atomic mass is 10.2. The largest absolute Gasteiger partial charge is 0.492 e. The predicted octanol–water partition coefficient (Wildman–Crippen LogP) is 2.15. The van der Waals surface area contributed by atoms with Crippen LogP contribution in [0.1, 0.15) is 12.5 Å². The molecule has 0 amide bonds. The summed E-state index contributed by atoms with van der Waals surface area (Å²) in [6, 6.07) is 4.38. The number of hydrogen-bond acceptors (Lipinski definition) is 6. The number of nitro benzene ring substituents is 1. The van der Waals surface area contributed by atoms with E-state index in [4.69, 9.17) is 9.47 Å². The molecule has 0 atom stereocenters. The number of esters is 1. The van der Waals surface area contributed by atoms with Crippen molar-refractivity contribution in [2.75, 3.05) is 27.2 Å². The minimum absolute atomic E-state index is 0.116. The number of hydrogen-bond donors (Lipinski definition) is 0. The monoisotopic (exact) mass is 308 g/mol. The summed E-state index contributed by atoms with van der Waals surface area (Å²) in [6.45, 7) is 5.94. The third-order valence-electron chi connectivity index (χ3n) is 2.76. The van der Waals surface area contributed by atoms with Gasteiger partial charge in [-0.1, -0.05) is 6.58 Å². The summed E-state index contributed by atoms with van der Waals surface area (Å²) in [5.41, 5.74) is 0.400. The van der Waals surface area contributed by atoms with Crippen LogP contribution in [0, 0.1) is 10.1 Å². The zero-order valence-corrected chi connectivity index (χ0v) is 13.0. The Balaban J connectivity index is 2.83. The lowest BCUT2D eigenvalue weighted by Gasteiger charge is -2.12. The second-order valence-corrected chi connectivity index (χ2v) is 5.06. The Morgan fingerprint density at radius 3 is 2.64 bits per heavy atom. The highest BCUT2D eigenvalue weighted by Gasteiger charge is 2.16. The molecule has 120 valence electrons. The number of carbonyl (C=O) groups is 1. The van der Waals surface area contributed by atoms with Gasteiger partial charge in [-0.05, 0) is 33.2 Å². The summed E-state index contributed by atoms with van der Waals surface area (Å²) >= 11 is 0. The Labute approximate surface area is 129 Å². The van der Waals surface area contributed by atoms with Crippen LogP contribution in [0.15, 0.2) is 30.4 Å². The fourth-order valence-electron chi connectivity index (χ4n) is 1.56. The average molecular weight is 308 g/mol. The molecule has 0 saturated heterocycles. The first kappa shape index (κ1) is 17.6. The zero-order valence-electron chi connectivity index (χ0n) is 13.0. The van der Waals surface area contributed by atoms with Gasteiger partial charge in [-0.2, -0.15) is 0 Å². The molecule has 0 bridgehead atoms. The van der Waals surface area contributed by atoms with Crippen molar-refractivity contribution >= 4 is 11.7 Å². The molecule has 0 N–H and O–H groups in total. The lowest BCUT2D eigenvalue weighted by molar-refractivity contribution is -0.385. The minimum atomic E-state index is -0.590. The van der Waals surface area contributed by atoms with Crippen LogP contribution in [0.2, 0.25) is 0 Å². The average Bonchev–Trinajstić information content (AvgIpc) is 2.44. The van der Waals surface area contributed by atoms with Crippen LogP contribution in [0.25, 0.3) is 0 Å². The third kappa shape index (κ3) is 5.53. The fourth-order valence-corrected chi connectivity index (χ4v) is 1.56. The zero-order chi connectivity index (χ0) is 16.7. The standard InChI is InChI=1S/C15H20N2O5/c1-11(2)15(18)22-10-12-9-13(21-8-7-16(3)4)5-6-14(12)17(19)20/h5-6,9H,1,7-8,10H2,2-4H3. The molecule has 22 heavy (non-hydrogen) atoms. The summed E-state index contributed by atoms with van der Waals surface area (Å²) in [5, 5.41) is 11.0. The third-order valence-corrected chi connectivity index (χ3v) is 2.76. The molecule has 7 nitrogen and oxygen atoms in total. The van der Waals surface area contributed by atoms with Crippen LogP contribution < -0.4 is 4.74 Å². The Hall–Kier alpha value is -2.41. The number of nitro groups is 1. The topological polar surface area (TPSA) is 81.9 Å². The van der Waals surface area contributed by atoms with Crippen LogP contribution in [0.5, 0.6) is 5.75 Å². The Morgan fingerprint density at radius 2 is 2.09 bits per heavy atom. The van der Waals surface area contributed by atoms with Crippen LogP contribution in [-0.2, 0) is 16.1 Å². The summed E-state index contributed by atoms with van der Waals surface area (Å²) < 4.78 is 10.5. The van der Waals surface area contributed by atoms with E-state index in [1.165, 1.54) is 25.1 Å². The number of rotatable bonds is 8. The van der Waals surface area contributed by atoms with Crippen LogP contribution in [0.3, 0.4) is 0 Å². The van der Waals surface area contributed by atoms with E-state index in [0.29, 0.717) is 12.4 Å². The van der Waals surface area contributed by atoms with E-state index >= 15 is 0 Å². The van der Waals surface area contributed by atoms with Gasteiger partial charge < -0.3 is 14.4 Å². The molecular weight excluding hydrogens is 288 g/mol. The van der Waals surface area contributed by atoms with Crippen molar-refractivity contribution in [2.45, 2.75) is 13.5 Å². The first-order valence-electron chi connectivity index (χ1n) is 6.68. The predicted molar refractivity (Wildman–Crippen MR) is 81.8 cm³/mol.